The lowest BCUT2D eigenvalue weighted by Gasteiger charge is -2.13. The molecular weight excluding hydrogens is 218 g/mol. The minimum atomic E-state index is 0.190. The van der Waals surface area contributed by atoms with Gasteiger partial charge in [-0.05, 0) is 31.5 Å². The second kappa shape index (κ2) is 3.92. The smallest absolute Gasteiger partial charge is 0.295 e. The largest absolute Gasteiger partial charge is 0.424 e. The molecule has 5 heteroatoms. The van der Waals surface area contributed by atoms with Gasteiger partial charge in [0.25, 0.3) is 6.01 Å². The molecule has 5 nitrogen and oxygen atoms in total. The van der Waals surface area contributed by atoms with Crippen molar-refractivity contribution in [3.63, 3.8) is 0 Å². The molecule has 2 aromatic rings. The Balaban J connectivity index is 1.85. The fourth-order valence-electron chi connectivity index (χ4n) is 2.09. The Kier molecular flexibility index (Phi) is 2.40. The highest BCUT2D eigenvalue weighted by atomic mass is 16.5. The normalized spacial score (nSPS) is 24.3. The van der Waals surface area contributed by atoms with Gasteiger partial charge in [0, 0.05) is 12.3 Å². The van der Waals surface area contributed by atoms with E-state index in [1.165, 1.54) is 0 Å². The van der Waals surface area contributed by atoms with Gasteiger partial charge in [-0.2, -0.15) is 4.98 Å². The molecule has 1 aromatic carbocycles. The van der Waals surface area contributed by atoms with Crippen molar-refractivity contribution in [2.24, 2.45) is 0 Å². The van der Waals surface area contributed by atoms with Crippen LogP contribution in [0.1, 0.15) is 13.3 Å². The van der Waals surface area contributed by atoms with E-state index in [1.54, 1.807) is 12.1 Å². The number of nitrogens with two attached hydrogens (primary N) is 1. The van der Waals surface area contributed by atoms with Gasteiger partial charge >= 0.3 is 0 Å². The summed E-state index contributed by atoms with van der Waals surface area (Å²) in [4.78, 5) is 4.36. The van der Waals surface area contributed by atoms with Gasteiger partial charge in [-0.3, -0.25) is 0 Å². The molecule has 1 aliphatic rings. The molecule has 0 bridgehead atoms. The molecule has 1 saturated heterocycles. The lowest BCUT2D eigenvalue weighted by Crippen LogP contribution is -2.26. The second-order valence-corrected chi connectivity index (χ2v) is 4.36. The number of oxazole rings is 1. The van der Waals surface area contributed by atoms with Crippen LogP contribution in [0.5, 0.6) is 0 Å². The Morgan fingerprint density at radius 1 is 1.47 bits per heavy atom. The number of nitrogens with one attached hydrogen (secondary N) is 1. The molecule has 0 amide bonds. The molecule has 2 heterocycles. The number of nitrogen functional groups attached to an aromatic ring is 1. The van der Waals surface area contributed by atoms with Crippen molar-refractivity contribution >= 4 is 22.8 Å². The number of hydrogen-bond acceptors (Lipinski definition) is 5. The van der Waals surface area contributed by atoms with Crippen LogP contribution >= 0.6 is 0 Å². The van der Waals surface area contributed by atoms with Gasteiger partial charge < -0.3 is 20.2 Å². The monoisotopic (exact) mass is 233 g/mol. The lowest BCUT2D eigenvalue weighted by molar-refractivity contribution is 0.121. The van der Waals surface area contributed by atoms with Crippen molar-refractivity contribution in [3.8, 4) is 0 Å². The van der Waals surface area contributed by atoms with Gasteiger partial charge in [-0.1, -0.05) is 0 Å². The van der Waals surface area contributed by atoms with Gasteiger partial charge in [0.05, 0.1) is 12.1 Å². The number of fused-ring (bicyclic) bond motifs is 1. The Labute approximate surface area is 98.9 Å². The number of benzene rings is 1. The maximum absolute atomic E-state index is 5.70. The average Bonchev–Trinajstić information content (AvgIpc) is 2.85. The molecule has 0 saturated carbocycles. The van der Waals surface area contributed by atoms with Crippen LogP contribution < -0.4 is 11.1 Å². The highest BCUT2D eigenvalue weighted by Gasteiger charge is 2.25. The molecule has 1 aromatic heterocycles. The maximum Gasteiger partial charge on any atom is 0.295 e. The van der Waals surface area contributed by atoms with E-state index in [-0.39, 0.29) is 12.1 Å². The fraction of sp³-hybridized carbons (Fsp3) is 0.417. The molecule has 3 rings (SSSR count). The first-order valence-corrected chi connectivity index (χ1v) is 5.76. The van der Waals surface area contributed by atoms with Crippen LogP contribution in [-0.4, -0.2) is 23.7 Å². The minimum Gasteiger partial charge on any atom is -0.424 e. The van der Waals surface area contributed by atoms with Crippen LogP contribution in [0.2, 0.25) is 0 Å². The quantitative estimate of drug-likeness (QED) is 0.776. The van der Waals surface area contributed by atoms with Crippen LogP contribution in [-0.2, 0) is 4.74 Å². The molecular formula is C12H15N3O2. The van der Waals surface area contributed by atoms with E-state index in [0.29, 0.717) is 11.7 Å². The maximum atomic E-state index is 5.70. The summed E-state index contributed by atoms with van der Waals surface area (Å²) in [5.74, 6) is 0. The molecule has 2 atom stereocenters. The van der Waals surface area contributed by atoms with Crippen molar-refractivity contribution in [1.29, 1.82) is 0 Å². The highest BCUT2D eigenvalue weighted by molar-refractivity contribution is 5.78. The third-order valence-corrected chi connectivity index (χ3v) is 3.10. The molecule has 17 heavy (non-hydrogen) atoms. The SMILES string of the molecule is CC1OCCC1Nc1nc2cc(N)ccc2o1. The van der Waals surface area contributed by atoms with Crippen molar-refractivity contribution < 1.29 is 9.15 Å². The lowest BCUT2D eigenvalue weighted by atomic mass is 10.2. The van der Waals surface area contributed by atoms with Crippen LogP contribution in [0, 0.1) is 0 Å². The molecule has 0 radical (unpaired) electrons. The summed E-state index contributed by atoms with van der Waals surface area (Å²) in [6.45, 7) is 2.83. The zero-order chi connectivity index (χ0) is 11.8. The second-order valence-electron chi connectivity index (χ2n) is 4.36. The molecule has 2 unspecified atom stereocenters. The highest BCUT2D eigenvalue weighted by Crippen LogP contribution is 2.23. The number of hydrogen-bond donors (Lipinski definition) is 2. The number of aromatic nitrogens is 1. The summed E-state index contributed by atoms with van der Waals surface area (Å²) in [6, 6.07) is 6.24. The first kappa shape index (κ1) is 10.4. The van der Waals surface area contributed by atoms with E-state index in [9.17, 15) is 0 Å². The topological polar surface area (TPSA) is 73.3 Å². The summed E-state index contributed by atoms with van der Waals surface area (Å²) in [7, 11) is 0. The van der Waals surface area contributed by atoms with Crippen LogP contribution in [0.3, 0.4) is 0 Å². The Morgan fingerprint density at radius 2 is 2.35 bits per heavy atom. The molecule has 1 fully saturated rings. The molecule has 1 aliphatic heterocycles. The minimum absolute atomic E-state index is 0.190. The molecule has 90 valence electrons. The summed E-state index contributed by atoms with van der Waals surface area (Å²) in [5.41, 5.74) is 7.91. The van der Waals surface area contributed by atoms with Crippen LogP contribution in [0.25, 0.3) is 11.1 Å². The third-order valence-electron chi connectivity index (χ3n) is 3.10. The Hall–Kier alpha value is -1.75. The van der Waals surface area contributed by atoms with Gasteiger partial charge in [0.2, 0.25) is 0 Å². The number of ether oxygens (including phenoxy) is 1. The standard InChI is InChI=1S/C12H15N3O2/c1-7-9(4-5-16-7)14-12-15-10-6-8(13)2-3-11(10)17-12/h2-3,6-7,9H,4-5,13H2,1H3,(H,14,15). The fourth-order valence-corrected chi connectivity index (χ4v) is 2.09. The Bertz CT molecular complexity index is 538. The zero-order valence-electron chi connectivity index (χ0n) is 9.64. The number of rotatable bonds is 2. The molecule has 0 spiro atoms. The van der Waals surface area contributed by atoms with E-state index < -0.39 is 0 Å². The van der Waals surface area contributed by atoms with E-state index in [1.807, 2.05) is 13.0 Å². The van der Waals surface area contributed by atoms with Crippen molar-refractivity contribution in [2.75, 3.05) is 17.7 Å². The first-order chi connectivity index (χ1) is 8.22. The molecule has 3 N–H and O–H groups in total. The van der Waals surface area contributed by atoms with Crippen LogP contribution in [0.15, 0.2) is 22.6 Å². The third kappa shape index (κ3) is 1.93. The summed E-state index contributed by atoms with van der Waals surface area (Å²) < 4.78 is 11.1. The molecule has 0 aliphatic carbocycles. The van der Waals surface area contributed by atoms with Crippen LogP contribution in [0.4, 0.5) is 11.7 Å². The number of anilines is 2. The van der Waals surface area contributed by atoms with Gasteiger partial charge in [0.15, 0.2) is 5.58 Å². The van der Waals surface area contributed by atoms with Crippen molar-refractivity contribution in [2.45, 2.75) is 25.5 Å². The zero-order valence-corrected chi connectivity index (χ0v) is 9.64. The average molecular weight is 233 g/mol. The van der Waals surface area contributed by atoms with E-state index in [2.05, 4.69) is 10.3 Å². The first-order valence-electron chi connectivity index (χ1n) is 5.76. The van der Waals surface area contributed by atoms with E-state index in [4.69, 9.17) is 14.9 Å². The summed E-state index contributed by atoms with van der Waals surface area (Å²) >= 11 is 0. The van der Waals surface area contributed by atoms with Crippen molar-refractivity contribution in [3.05, 3.63) is 18.2 Å². The summed E-state index contributed by atoms with van der Waals surface area (Å²) in [5, 5.41) is 3.26. The van der Waals surface area contributed by atoms with Gasteiger partial charge in [-0.25, -0.2) is 0 Å². The van der Waals surface area contributed by atoms with Gasteiger partial charge in [0.1, 0.15) is 5.52 Å². The predicted molar refractivity (Wildman–Crippen MR) is 65.9 cm³/mol. The predicted octanol–water partition coefficient (Wildman–Crippen LogP) is 2.00. The number of nitrogens with zero attached hydrogens (tertiary/aromatic N) is 1. The van der Waals surface area contributed by atoms with Gasteiger partial charge in [-0.15, -0.1) is 0 Å². The van der Waals surface area contributed by atoms with E-state index >= 15 is 0 Å². The summed E-state index contributed by atoms with van der Waals surface area (Å²) in [6.07, 6.45) is 1.16. The van der Waals surface area contributed by atoms with Crippen molar-refractivity contribution in [1.82, 2.24) is 4.98 Å². The van der Waals surface area contributed by atoms with E-state index in [0.717, 1.165) is 24.1 Å². The Morgan fingerprint density at radius 3 is 3.12 bits per heavy atom.